The first kappa shape index (κ1) is 20.7. The van der Waals surface area contributed by atoms with Crippen LogP contribution in [0.4, 0.5) is 13.2 Å². The van der Waals surface area contributed by atoms with Gasteiger partial charge in [-0.3, -0.25) is 4.79 Å². The van der Waals surface area contributed by atoms with Crippen molar-refractivity contribution in [2.24, 2.45) is 11.7 Å². The van der Waals surface area contributed by atoms with Gasteiger partial charge in [0.25, 0.3) is 0 Å². The minimum atomic E-state index is -4.36. The number of alkyl halides is 3. The fraction of sp³-hybridized carbons (Fsp3) is 0.533. The lowest BCUT2D eigenvalue weighted by Gasteiger charge is -2.24. The molecular formula is C15H22ClF3N2O. The van der Waals surface area contributed by atoms with E-state index in [1.54, 1.807) is 6.92 Å². The second-order valence-electron chi connectivity index (χ2n) is 5.59. The summed E-state index contributed by atoms with van der Waals surface area (Å²) in [6, 6.07) is 4.27. The zero-order valence-corrected chi connectivity index (χ0v) is 13.6. The van der Waals surface area contributed by atoms with Crippen molar-refractivity contribution in [2.75, 3.05) is 0 Å². The Balaban J connectivity index is 0.00000441. The summed E-state index contributed by atoms with van der Waals surface area (Å²) in [4.78, 5) is 11.8. The number of rotatable bonds is 5. The lowest BCUT2D eigenvalue weighted by molar-refractivity contribution is -0.137. The van der Waals surface area contributed by atoms with E-state index < -0.39 is 11.7 Å². The summed E-state index contributed by atoms with van der Waals surface area (Å²) in [5.74, 6) is -0.151. The average molecular weight is 339 g/mol. The Morgan fingerprint density at radius 3 is 2.05 bits per heavy atom. The average Bonchev–Trinajstić information content (AvgIpc) is 2.34. The lowest BCUT2D eigenvalue weighted by Crippen LogP contribution is -2.35. The monoisotopic (exact) mass is 338 g/mol. The van der Waals surface area contributed by atoms with Crippen LogP contribution in [0, 0.1) is 5.92 Å². The Bertz CT molecular complexity index is 473. The predicted molar refractivity (Wildman–Crippen MR) is 82.7 cm³/mol. The Labute approximate surface area is 134 Å². The van der Waals surface area contributed by atoms with Crippen molar-refractivity contribution in [3.8, 4) is 0 Å². The molecular weight excluding hydrogens is 317 g/mol. The van der Waals surface area contributed by atoms with E-state index in [0.29, 0.717) is 5.56 Å². The molecule has 0 aliphatic heterocycles. The SMILES string of the molecule is CC(N)CC(=O)NC(c1ccc(C(F)(F)F)cc1)C(C)C.Cl. The first-order chi connectivity index (χ1) is 9.61. The third-order valence-corrected chi connectivity index (χ3v) is 3.09. The number of benzene rings is 1. The van der Waals surface area contributed by atoms with Crippen molar-refractivity contribution >= 4 is 18.3 Å². The Morgan fingerprint density at radius 1 is 1.18 bits per heavy atom. The number of carbonyl (C=O) groups is 1. The molecule has 1 amide bonds. The molecule has 0 saturated heterocycles. The molecule has 1 rings (SSSR count). The second kappa shape index (κ2) is 8.39. The third kappa shape index (κ3) is 6.23. The number of halogens is 4. The molecule has 0 aliphatic rings. The number of amides is 1. The van der Waals surface area contributed by atoms with E-state index in [1.807, 2.05) is 13.8 Å². The van der Waals surface area contributed by atoms with Crippen LogP contribution in [-0.4, -0.2) is 11.9 Å². The Morgan fingerprint density at radius 2 is 1.68 bits per heavy atom. The van der Waals surface area contributed by atoms with Crippen LogP contribution < -0.4 is 11.1 Å². The molecule has 0 saturated carbocycles. The molecule has 3 N–H and O–H groups in total. The lowest BCUT2D eigenvalue weighted by atomic mass is 9.95. The van der Waals surface area contributed by atoms with Crippen LogP contribution in [0.1, 0.15) is 44.4 Å². The molecule has 1 aromatic carbocycles. The van der Waals surface area contributed by atoms with E-state index in [0.717, 1.165) is 12.1 Å². The van der Waals surface area contributed by atoms with Gasteiger partial charge in [0.2, 0.25) is 5.91 Å². The highest BCUT2D eigenvalue weighted by Gasteiger charge is 2.30. The predicted octanol–water partition coefficient (Wildman–Crippen LogP) is 3.68. The molecule has 0 radical (unpaired) electrons. The Hall–Kier alpha value is -1.27. The molecule has 2 unspecified atom stereocenters. The third-order valence-electron chi connectivity index (χ3n) is 3.09. The highest BCUT2D eigenvalue weighted by Crippen LogP contribution is 2.31. The standard InChI is InChI=1S/C15H21F3N2O.ClH/c1-9(2)14(20-13(21)8-10(3)19)11-4-6-12(7-5-11)15(16,17)18;/h4-7,9-10,14H,8,19H2,1-3H3,(H,20,21);1H. The van der Waals surface area contributed by atoms with Crippen molar-refractivity contribution in [3.05, 3.63) is 35.4 Å². The van der Waals surface area contributed by atoms with Gasteiger partial charge in [0, 0.05) is 12.5 Å². The quantitative estimate of drug-likeness (QED) is 0.860. The molecule has 0 bridgehead atoms. The fourth-order valence-corrected chi connectivity index (χ4v) is 2.04. The van der Waals surface area contributed by atoms with Gasteiger partial charge in [-0.25, -0.2) is 0 Å². The van der Waals surface area contributed by atoms with E-state index in [-0.39, 0.29) is 42.7 Å². The summed E-state index contributed by atoms with van der Waals surface area (Å²) in [6.45, 7) is 5.52. The van der Waals surface area contributed by atoms with Crippen LogP contribution in [0.25, 0.3) is 0 Å². The van der Waals surface area contributed by atoms with Crippen LogP contribution in [0.2, 0.25) is 0 Å². The second-order valence-corrected chi connectivity index (χ2v) is 5.59. The van der Waals surface area contributed by atoms with E-state index in [4.69, 9.17) is 5.73 Å². The Kier molecular flexibility index (Phi) is 7.90. The molecule has 22 heavy (non-hydrogen) atoms. The fourth-order valence-electron chi connectivity index (χ4n) is 2.04. The summed E-state index contributed by atoms with van der Waals surface area (Å²) in [6.07, 6.45) is -4.17. The zero-order valence-electron chi connectivity index (χ0n) is 12.8. The van der Waals surface area contributed by atoms with Crippen LogP contribution >= 0.6 is 12.4 Å². The number of nitrogens with two attached hydrogens (primary N) is 1. The summed E-state index contributed by atoms with van der Waals surface area (Å²) >= 11 is 0. The molecule has 0 aliphatic carbocycles. The number of carbonyl (C=O) groups excluding carboxylic acids is 1. The van der Waals surface area contributed by atoms with Crippen LogP contribution in [0.3, 0.4) is 0 Å². The maximum atomic E-state index is 12.5. The maximum Gasteiger partial charge on any atom is 0.416 e. The van der Waals surface area contributed by atoms with Crippen molar-refractivity contribution < 1.29 is 18.0 Å². The number of nitrogens with one attached hydrogen (secondary N) is 1. The van der Waals surface area contributed by atoms with Gasteiger partial charge in [-0.05, 0) is 30.5 Å². The van der Waals surface area contributed by atoms with Gasteiger partial charge in [0.15, 0.2) is 0 Å². The van der Waals surface area contributed by atoms with Crippen molar-refractivity contribution in [3.63, 3.8) is 0 Å². The molecule has 0 spiro atoms. The minimum Gasteiger partial charge on any atom is -0.349 e. The van der Waals surface area contributed by atoms with Crippen molar-refractivity contribution in [1.29, 1.82) is 0 Å². The van der Waals surface area contributed by atoms with E-state index in [9.17, 15) is 18.0 Å². The molecule has 0 heterocycles. The van der Waals surface area contributed by atoms with Gasteiger partial charge in [-0.15, -0.1) is 12.4 Å². The topological polar surface area (TPSA) is 55.1 Å². The molecule has 0 aromatic heterocycles. The van der Waals surface area contributed by atoms with E-state index in [2.05, 4.69) is 5.32 Å². The van der Waals surface area contributed by atoms with E-state index in [1.165, 1.54) is 12.1 Å². The smallest absolute Gasteiger partial charge is 0.349 e. The zero-order chi connectivity index (χ0) is 16.2. The summed E-state index contributed by atoms with van der Waals surface area (Å²) in [5.41, 5.74) is 5.52. The van der Waals surface area contributed by atoms with Gasteiger partial charge in [-0.1, -0.05) is 26.0 Å². The highest BCUT2D eigenvalue weighted by molar-refractivity contribution is 5.85. The van der Waals surface area contributed by atoms with Crippen molar-refractivity contribution in [2.45, 2.75) is 45.5 Å². The van der Waals surface area contributed by atoms with Gasteiger partial charge < -0.3 is 11.1 Å². The number of hydrogen-bond donors (Lipinski definition) is 2. The minimum absolute atomic E-state index is 0. The highest BCUT2D eigenvalue weighted by atomic mass is 35.5. The summed E-state index contributed by atoms with van der Waals surface area (Å²) in [5, 5.41) is 2.82. The van der Waals surface area contributed by atoms with Gasteiger partial charge >= 0.3 is 6.18 Å². The van der Waals surface area contributed by atoms with Crippen molar-refractivity contribution in [1.82, 2.24) is 5.32 Å². The van der Waals surface area contributed by atoms with Gasteiger partial charge in [-0.2, -0.15) is 13.2 Å². The largest absolute Gasteiger partial charge is 0.416 e. The number of hydrogen-bond acceptors (Lipinski definition) is 2. The molecule has 1 aromatic rings. The van der Waals surface area contributed by atoms with Crippen LogP contribution in [0.15, 0.2) is 24.3 Å². The molecule has 0 fully saturated rings. The molecule has 7 heteroatoms. The van der Waals surface area contributed by atoms with Crippen LogP contribution in [-0.2, 0) is 11.0 Å². The summed E-state index contributed by atoms with van der Waals surface area (Å²) < 4.78 is 37.6. The first-order valence-electron chi connectivity index (χ1n) is 6.83. The molecule has 2 atom stereocenters. The molecule has 126 valence electrons. The van der Waals surface area contributed by atoms with E-state index >= 15 is 0 Å². The summed E-state index contributed by atoms with van der Waals surface area (Å²) in [7, 11) is 0. The first-order valence-corrected chi connectivity index (χ1v) is 6.83. The normalized spacial score (nSPS) is 14.2. The van der Waals surface area contributed by atoms with Gasteiger partial charge in [0.1, 0.15) is 0 Å². The van der Waals surface area contributed by atoms with Gasteiger partial charge in [0.05, 0.1) is 11.6 Å². The maximum absolute atomic E-state index is 12.5. The molecule has 3 nitrogen and oxygen atoms in total. The van der Waals surface area contributed by atoms with Crippen LogP contribution in [0.5, 0.6) is 0 Å².